The third-order valence-electron chi connectivity index (χ3n) is 5.95. The predicted octanol–water partition coefficient (Wildman–Crippen LogP) is 2.65. The Morgan fingerprint density at radius 2 is 1.65 bits per heavy atom. The Hall–Kier alpha value is -0.570. The Balaban J connectivity index is 1.68. The molecule has 4 saturated carbocycles. The molecule has 0 atom stereocenters. The van der Waals surface area contributed by atoms with Gasteiger partial charge < -0.3 is 10.6 Å². The van der Waals surface area contributed by atoms with Gasteiger partial charge in [0.05, 0.1) is 0 Å². The van der Waals surface area contributed by atoms with Crippen molar-refractivity contribution in [1.82, 2.24) is 4.90 Å². The molecule has 0 aliphatic heterocycles. The van der Waals surface area contributed by atoms with Gasteiger partial charge in [-0.2, -0.15) is 0 Å². The van der Waals surface area contributed by atoms with E-state index in [4.69, 9.17) is 5.73 Å². The molecule has 3 heteroatoms. The van der Waals surface area contributed by atoms with Gasteiger partial charge in [0.25, 0.3) is 0 Å². The fourth-order valence-electron chi connectivity index (χ4n) is 5.42. The average Bonchev–Trinajstić information content (AvgIpc) is 2.42. The minimum absolute atomic E-state index is 0.354. The lowest BCUT2D eigenvalue weighted by molar-refractivity contribution is -0.149. The summed E-state index contributed by atoms with van der Waals surface area (Å²) in [6.07, 6.45) is 8.80. The first kappa shape index (κ1) is 14.4. The van der Waals surface area contributed by atoms with E-state index in [0.717, 1.165) is 37.8 Å². The number of hydrogen-bond acceptors (Lipinski definition) is 2. The molecule has 4 bridgehead atoms. The highest BCUT2D eigenvalue weighted by Crippen LogP contribution is 2.56. The SMILES string of the molecule is CCCN(CCCN)C(=O)C1C2CC3CC(C2)CC1C3. The fraction of sp³-hybridized carbons (Fsp3) is 0.941. The molecule has 3 nitrogen and oxygen atoms in total. The van der Waals surface area contributed by atoms with Crippen molar-refractivity contribution < 1.29 is 4.79 Å². The molecule has 0 spiro atoms. The van der Waals surface area contributed by atoms with Gasteiger partial charge in [0.15, 0.2) is 0 Å². The van der Waals surface area contributed by atoms with Crippen LogP contribution in [0, 0.1) is 29.6 Å². The lowest BCUT2D eigenvalue weighted by Gasteiger charge is -2.54. The van der Waals surface area contributed by atoms with Crippen molar-refractivity contribution in [2.75, 3.05) is 19.6 Å². The van der Waals surface area contributed by atoms with E-state index < -0.39 is 0 Å². The summed E-state index contributed by atoms with van der Waals surface area (Å²) in [5, 5.41) is 0. The maximum atomic E-state index is 13.0. The zero-order valence-electron chi connectivity index (χ0n) is 12.9. The Labute approximate surface area is 123 Å². The van der Waals surface area contributed by atoms with Crippen molar-refractivity contribution in [2.45, 2.75) is 51.9 Å². The van der Waals surface area contributed by atoms with Gasteiger partial charge in [0, 0.05) is 19.0 Å². The summed E-state index contributed by atoms with van der Waals surface area (Å²) in [6.45, 7) is 4.64. The molecule has 0 aromatic carbocycles. The average molecular weight is 278 g/mol. The summed E-state index contributed by atoms with van der Waals surface area (Å²) in [7, 11) is 0. The maximum Gasteiger partial charge on any atom is 0.226 e. The standard InChI is InChI=1S/C17H30N2O/c1-2-5-19(6-3-4-18)17(20)16-14-8-12-7-13(10-14)11-15(16)9-12/h12-16H,2-11,18H2,1H3. The van der Waals surface area contributed by atoms with Crippen LogP contribution in [0.4, 0.5) is 0 Å². The number of rotatable bonds is 6. The summed E-state index contributed by atoms with van der Waals surface area (Å²) >= 11 is 0. The quantitative estimate of drug-likeness (QED) is 0.812. The van der Waals surface area contributed by atoms with Crippen LogP contribution in [-0.2, 0) is 4.79 Å². The molecular formula is C17H30N2O. The highest BCUT2D eigenvalue weighted by Gasteiger charge is 2.51. The normalized spacial score (nSPS) is 38.2. The highest BCUT2D eigenvalue weighted by molar-refractivity contribution is 5.80. The van der Waals surface area contributed by atoms with Crippen LogP contribution in [0.2, 0.25) is 0 Å². The first-order valence-corrected chi connectivity index (χ1v) is 8.71. The number of nitrogens with zero attached hydrogens (tertiary/aromatic N) is 1. The second-order valence-electron chi connectivity index (χ2n) is 7.42. The summed E-state index contributed by atoms with van der Waals surface area (Å²) in [5.41, 5.74) is 5.63. The van der Waals surface area contributed by atoms with Crippen LogP contribution in [0.25, 0.3) is 0 Å². The molecule has 0 aromatic heterocycles. The third-order valence-corrected chi connectivity index (χ3v) is 5.95. The van der Waals surface area contributed by atoms with Gasteiger partial charge in [-0.1, -0.05) is 6.92 Å². The summed E-state index contributed by atoms with van der Waals surface area (Å²) in [6, 6.07) is 0. The van der Waals surface area contributed by atoms with E-state index in [1.54, 1.807) is 0 Å². The minimum atomic E-state index is 0.354. The fourth-order valence-corrected chi connectivity index (χ4v) is 5.42. The molecule has 0 unspecified atom stereocenters. The number of amides is 1. The van der Waals surface area contributed by atoms with Crippen molar-refractivity contribution in [1.29, 1.82) is 0 Å². The van der Waals surface area contributed by atoms with Gasteiger partial charge in [-0.3, -0.25) is 4.79 Å². The Bertz CT molecular complexity index is 327. The second-order valence-corrected chi connectivity index (χ2v) is 7.42. The Kier molecular flexibility index (Phi) is 4.34. The van der Waals surface area contributed by atoms with E-state index in [2.05, 4.69) is 11.8 Å². The van der Waals surface area contributed by atoms with Crippen LogP contribution in [0.3, 0.4) is 0 Å². The number of hydrogen-bond donors (Lipinski definition) is 1. The van der Waals surface area contributed by atoms with Gasteiger partial charge in [-0.05, 0) is 75.2 Å². The molecule has 20 heavy (non-hydrogen) atoms. The second kappa shape index (κ2) is 6.05. The third kappa shape index (κ3) is 2.61. The van der Waals surface area contributed by atoms with E-state index in [9.17, 15) is 4.79 Å². The molecule has 4 rings (SSSR count). The Morgan fingerprint density at radius 1 is 1.05 bits per heavy atom. The van der Waals surface area contributed by atoms with E-state index in [1.165, 1.54) is 32.1 Å². The molecule has 4 aliphatic carbocycles. The molecule has 2 N–H and O–H groups in total. The molecule has 0 heterocycles. The van der Waals surface area contributed by atoms with Crippen LogP contribution < -0.4 is 5.73 Å². The Morgan fingerprint density at radius 3 is 2.15 bits per heavy atom. The molecule has 0 aromatic rings. The van der Waals surface area contributed by atoms with E-state index in [-0.39, 0.29) is 0 Å². The molecular weight excluding hydrogens is 248 g/mol. The van der Waals surface area contributed by atoms with Gasteiger partial charge in [0.2, 0.25) is 5.91 Å². The zero-order valence-corrected chi connectivity index (χ0v) is 12.9. The van der Waals surface area contributed by atoms with E-state index in [0.29, 0.717) is 30.2 Å². The van der Waals surface area contributed by atoms with Crippen LogP contribution >= 0.6 is 0 Å². The largest absolute Gasteiger partial charge is 0.342 e. The predicted molar refractivity (Wildman–Crippen MR) is 81.1 cm³/mol. The highest BCUT2D eigenvalue weighted by atomic mass is 16.2. The van der Waals surface area contributed by atoms with Crippen molar-refractivity contribution in [3.05, 3.63) is 0 Å². The number of nitrogens with two attached hydrogens (primary N) is 1. The summed E-state index contributed by atoms with van der Waals surface area (Å²) in [5.74, 6) is 4.13. The molecule has 4 aliphatic rings. The summed E-state index contributed by atoms with van der Waals surface area (Å²) in [4.78, 5) is 15.1. The molecule has 0 radical (unpaired) electrons. The van der Waals surface area contributed by atoms with Gasteiger partial charge in [-0.15, -0.1) is 0 Å². The smallest absolute Gasteiger partial charge is 0.226 e. The molecule has 0 saturated heterocycles. The van der Waals surface area contributed by atoms with Gasteiger partial charge in [0.1, 0.15) is 0 Å². The monoisotopic (exact) mass is 278 g/mol. The number of carbonyl (C=O) groups is 1. The van der Waals surface area contributed by atoms with Crippen molar-refractivity contribution in [3.8, 4) is 0 Å². The number of carbonyl (C=O) groups excluding carboxylic acids is 1. The van der Waals surface area contributed by atoms with Gasteiger partial charge in [-0.25, -0.2) is 0 Å². The lowest BCUT2D eigenvalue weighted by Crippen LogP contribution is -2.52. The molecule has 114 valence electrons. The lowest BCUT2D eigenvalue weighted by atomic mass is 9.51. The topological polar surface area (TPSA) is 46.3 Å². The molecule has 1 amide bonds. The maximum absolute atomic E-state index is 13.0. The summed E-state index contributed by atoms with van der Waals surface area (Å²) < 4.78 is 0. The first-order valence-electron chi connectivity index (χ1n) is 8.71. The van der Waals surface area contributed by atoms with E-state index >= 15 is 0 Å². The van der Waals surface area contributed by atoms with Crippen LogP contribution in [0.15, 0.2) is 0 Å². The van der Waals surface area contributed by atoms with E-state index in [1.807, 2.05) is 0 Å². The zero-order chi connectivity index (χ0) is 14.1. The van der Waals surface area contributed by atoms with Crippen LogP contribution in [0.1, 0.15) is 51.9 Å². The minimum Gasteiger partial charge on any atom is -0.342 e. The first-order chi connectivity index (χ1) is 9.72. The van der Waals surface area contributed by atoms with Crippen molar-refractivity contribution in [2.24, 2.45) is 35.3 Å². The van der Waals surface area contributed by atoms with Gasteiger partial charge >= 0.3 is 0 Å². The van der Waals surface area contributed by atoms with Crippen molar-refractivity contribution in [3.63, 3.8) is 0 Å². The van der Waals surface area contributed by atoms with Crippen molar-refractivity contribution >= 4 is 5.91 Å². The van der Waals surface area contributed by atoms with Crippen LogP contribution in [0.5, 0.6) is 0 Å². The van der Waals surface area contributed by atoms with Crippen LogP contribution in [-0.4, -0.2) is 30.4 Å². The molecule has 4 fully saturated rings.